The summed E-state index contributed by atoms with van der Waals surface area (Å²) in [6.45, 7) is 0. The summed E-state index contributed by atoms with van der Waals surface area (Å²) in [7, 11) is 1.44. The molecule has 0 radical (unpaired) electrons. The van der Waals surface area contributed by atoms with Crippen LogP contribution in [-0.4, -0.2) is 10.2 Å². The Morgan fingerprint density at radius 1 is 1.45 bits per heavy atom. The minimum Gasteiger partial charge on any atom is -0.278 e. The molecule has 0 bridgehead atoms. The van der Waals surface area contributed by atoms with Crippen LogP contribution >= 0.6 is 22.5 Å². The molecule has 2 rings (SSSR count). The summed E-state index contributed by atoms with van der Waals surface area (Å²) in [5, 5.41) is 7.97. The van der Waals surface area contributed by atoms with E-state index in [-0.39, 0.29) is 0 Å². The van der Waals surface area contributed by atoms with Crippen molar-refractivity contribution >= 4 is 33.4 Å². The normalized spacial score (nSPS) is 10.6. The van der Waals surface area contributed by atoms with Crippen LogP contribution in [0.3, 0.4) is 0 Å². The number of benzene rings is 1. The Morgan fingerprint density at radius 2 is 2.36 bits per heavy atom. The quantitative estimate of drug-likeness (QED) is 0.524. The Balaban J connectivity index is 2.79. The van der Waals surface area contributed by atoms with Gasteiger partial charge in [-0.1, -0.05) is 16.9 Å². The third-order valence-corrected chi connectivity index (χ3v) is 2.69. The van der Waals surface area contributed by atoms with Crippen molar-refractivity contribution in [2.75, 3.05) is 0 Å². The molecule has 11 heavy (non-hydrogen) atoms. The van der Waals surface area contributed by atoms with Gasteiger partial charge in [0, 0.05) is 10.3 Å². The van der Waals surface area contributed by atoms with Gasteiger partial charge < -0.3 is 0 Å². The van der Waals surface area contributed by atoms with Gasteiger partial charge in [0.1, 0.15) is 0 Å². The number of fused-ring (bicyclic) bond motifs is 1. The second kappa shape index (κ2) is 2.79. The lowest BCUT2D eigenvalue weighted by Gasteiger charge is -1.94. The van der Waals surface area contributed by atoms with Gasteiger partial charge in [0.25, 0.3) is 0 Å². The molecular formula is C7H6N2S2. The Hall–Kier alpha value is -0.610. The van der Waals surface area contributed by atoms with E-state index in [1.165, 1.54) is 10.8 Å². The van der Waals surface area contributed by atoms with E-state index >= 15 is 0 Å². The summed E-state index contributed by atoms with van der Waals surface area (Å²) in [6.07, 6.45) is 1.81. The first-order chi connectivity index (χ1) is 5.42. The van der Waals surface area contributed by atoms with Gasteiger partial charge in [-0.15, -0.1) is 11.7 Å². The standard InChI is InChI=1S/C7H6N2S2/c10-11-7-3-1-2-6-5(7)4-8-9-6/h1-4,10H,(H,8,9). The third-order valence-electron chi connectivity index (χ3n) is 1.54. The molecule has 2 aromatic rings. The van der Waals surface area contributed by atoms with Crippen molar-refractivity contribution in [3.63, 3.8) is 0 Å². The van der Waals surface area contributed by atoms with Crippen LogP contribution in [0.15, 0.2) is 29.3 Å². The summed E-state index contributed by atoms with van der Waals surface area (Å²) in [5.74, 6) is 0. The van der Waals surface area contributed by atoms with Crippen LogP contribution in [0, 0.1) is 0 Å². The van der Waals surface area contributed by atoms with E-state index in [4.69, 9.17) is 0 Å². The number of H-pyrrole nitrogens is 1. The van der Waals surface area contributed by atoms with Crippen LogP contribution in [0.5, 0.6) is 0 Å². The lowest BCUT2D eigenvalue weighted by Crippen LogP contribution is -1.69. The highest BCUT2D eigenvalue weighted by Gasteiger charge is 1.99. The van der Waals surface area contributed by atoms with Gasteiger partial charge >= 0.3 is 0 Å². The number of hydrogen-bond acceptors (Lipinski definition) is 3. The highest BCUT2D eigenvalue weighted by molar-refractivity contribution is 8.68. The topological polar surface area (TPSA) is 28.7 Å². The summed E-state index contributed by atoms with van der Waals surface area (Å²) in [4.78, 5) is 1.14. The minimum absolute atomic E-state index is 1.06. The zero-order chi connectivity index (χ0) is 7.68. The maximum absolute atomic E-state index is 4.14. The van der Waals surface area contributed by atoms with Gasteiger partial charge in [-0.25, -0.2) is 0 Å². The first kappa shape index (κ1) is 7.06. The first-order valence-corrected chi connectivity index (χ1v) is 5.02. The summed E-state index contributed by atoms with van der Waals surface area (Å²) >= 11 is 4.14. The van der Waals surface area contributed by atoms with Gasteiger partial charge in [-0.3, -0.25) is 5.10 Å². The molecule has 0 spiro atoms. The predicted molar refractivity (Wildman–Crippen MR) is 50.9 cm³/mol. The number of aromatic amines is 1. The molecule has 2 nitrogen and oxygen atoms in total. The van der Waals surface area contributed by atoms with Crippen LogP contribution in [-0.2, 0) is 0 Å². The minimum atomic E-state index is 1.06. The molecule has 1 aromatic heterocycles. The van der Waals surface area contributed by atoms with E-state index in [1.54, 1.807) is 0 Å². The van der Waals surface area contributed by atoms with Crippen LogP contribution < -0.4 is 0 Å². The third kappa shape index (κ3) is 1.12. The molecule has 0 unspecified atom stereocenters. The molecule has 1 aromatic carbocycles. The molecule has 0 atom stereocenters. The van der Waals surface area contributed by atoms with E-state index < -0.39 is 0 Å². The van der Waals surface area contributed by atoms with Crippen molar-refractivity contribution in [1.29, 1.82) is 0 Å². The number of nitrogens with one attached hydrogen (secondary N) is 1. The van der Waals surface area contributed by atoms with E-state index in [1.807, 2.05) is 24.4 Å². The second-order valence-electron chi connectivity index (χ2n) is 2.18. The van der Waals surface area contributed by atoms with E-state index in [0.717, 1.165) is 15.8 Å². The molecule has 0 saturated carbocycles. The highest BCUT2D eigenvalue weighted by atomic mass is 33.1. The van der Waals surface area contributed by atoms with E-state index in [0.29, 0.717) is 0 Å². The van der Waals surface area contributed by atoms with Crippen molar-refractivity contribution in [3.05, 3.63) is 24.4 Å². The molecule has 0 aliphatic carbocycles. The Morgan fingerprint density at radius 3 is 3.18 bits per heavy atom. The molecular weight excluding hydrogens is 176 g/mol. The molecule has 0 saturated heterocycles. The molecule has 1 N–H and O–H groups in total. The fraction of sp³-hybridized carbons (Fsp3) is 0. The summed E-state index contributed by atoms with van der Waals surface area (Å²) < 4.78 is 0. The SMILES string of the molecule is SSc1cccc2[nH]ncc12. The van der Waals surface area contributed by atoms with Crippen molar-refractivity contribution in [2.24, 2.45) is 0 Å². The van der Waals surface area contributed by atoms with Gasteiger partial charge in [-0.2, -0.15) is 5.10 Å². The molecule has 0 aliphatic heterocycles. The first-order valence-electron chi connectivity index (χ1n) is 3.15. The van der Waals surface area contributed by atoms with Crippen LogP contribution in [0.25, 0.3) is 10.9 Å². The maximum Gasteiger partial charge on any atom is 0.0661 e. The van der Waals surface area contributed by atoms with Crippen LogP contribution in [0.2, 0.25) is 0 Å². The predicted octanol–water partition coefficient (Wildman–Crippen LogP) is 2.50. The van der Waals surface area contributed by atoms with Gasteiger partial charge in [0.15, 0.2) is 0 Å². The summed E-state index contributed by atoms with van der Waals surface area (Å²) in [6, 6.07) is 6.00. The van der Waals surface area contributed by atoms with E-state index in [2.05, 4.69) is 21.9 Å². The zero-order valence-electron chi connectivity index (χ0n) is 5.61. The van der Waals surface area contributed by atoms with Crippen molar-refractivity contribution in [1.82, 2.24) is 10.2 Å². The lowest BCUT2D eigenvalue weighted by molar-refractivity contribution is 1.12. The van der Waals surface area contributed by atoms with Crippen molar-refractivity contribution in [3.8, 4) is 0 Å². The molecule has 56 valence electrons. The lowest BCUT2D eigenvalue weighted by atomic mass is 10.3. The van der Waals surface area contributed by atoms with Crippen LogP contribution in [0.4, 0.5) is 0 Å². The largest absolute Gasteiger partial charge is 0.278 e. The fourth-order valence-corrected chi connectivity index (χ4v) is 1.90. The number of hydrogen-bond donors (Lipinski definition) is 2. The maximum atomic E-state index is 4.14. The van der Waals surface area contributed by atoms with E-state index in [9.17, 15) is 0 Å². The van der Waals surface area contributed by atoms with Gasteiger partial charge in [0.05, 0.1) is 11.7 Å². The second-order valence-corrected chi connectivity index (χ2v) is 3.35. The van der Waals surface area contributed by atoms with Crippen molar-refractivity contribution in [2.45, 2.75) is 4.90 Å². The summed E-state index contributed by atoms with van der Waals surface area (Å²) in [5.41, 5.74) is 1.06. The number of nitrogens with zero attached hydrogens (tertiary/aromatic N) is 1. The van der Waals surface area contributed by atoms with Gasteiger partial charge in [-0.05, 0) is 12.1 Å². The highest BCUT2D eigenvalue weighted by Crippen LogP contribution is 2.28. The van der Waals surface area contributed by atoms with Crippen molar-refractivity contribution < 1.29 is 0 Å². The molecule has 0 aliphatic rings. The molecule has 4 heteroatoms. The number of aromatic nitrogens is 2. The monoisotopic (exact) mass is 182 g/mol. The average molecular weight is 182 g/mol. The number of thiol groups is 1. The Bertz CT molecular complexity index is 369. The zero-order valence-corrected chi connectivity index (χ0v) is 7.32. The molecule has 0 fully saturated rings. The molecule has 1 heterocycles. The Kier molecular flexibility index (Phi) is 1.79. The Labute approximate surface area is 73.2 Å². The number of rotatable bonds is 1. The molecule has 0 amide bonds. The average Bonchev–Trinajstić information content (AvgIpc) is 2.50. The van der Waals surface area contributed by atoms with Gasteiger partial charge in [0.2, 0.25) is 0 Å². The fourth-order valence-electron chi connectivity index (χ4n) is 1.02. The van der Waals surface area contributed by atoms with Crippen LogP contribution in [0.1, 0.15) is 0 Å². The smallest absolute Gasteiger partial charge is 0.0661 e.